The van der Waals surface area contributed by atoms with Gasteiger partial charge in [-0.25, -0.2) is 4.98 Å². The van der Waals surface area contributed by atoms with Gasteiger partial charge in [-0.1, -0.05) is 41.0 Å². The highest BCUT2D eigenvalue weighted by Crippen LogP contribution is 2.28. The third kappa shape index (κ3) is 7.92. The number of amides is 1. The smallest absolute Gasteiger partial charge is 0.225 e. The second-order valence-electron chi connectivity index (χ2n) is 12.9. The molecule has 0 radical (unpaired) electrons. The first-order valence-electron chi connectivity index (χ1n) is 15.0. The zero-order chi connectivity index (χ0) is 29.9. The van der Waals surface area contributed by atoms with Crippen molar-refractivity contribution < 1.29 is 14.3 Å². The molecule has 2 N–H and O–H groups in total. The predicted octanol–water partition coefficient (Wildman–Crippen LogP) is 5.04. The monoisotopic (exact) mass is 599 g/mol. The maximum atomic E-state index is 12.9. The topological polar surface area (TPSA) is 114 Å². The van der Waals surface area contributed by atoms with Crippen LogP contribution in [-0.4, -0.2) is 69.2 Å². The average Bonchev–Trinajstić information content (AvgIpc) is 3.29. The molecule has 1 saturated heterocycles. The van der Waals surface area contributed by atoms with Crippen molar-refractivity contribution in [2.45, 2.75) is 99.3 Å². The number of benzene rings is 1. The molecule has 1 aliphatic rings. The minimum absolute atomic E-state index is 0. The number of carbonyl (C=O) groups is 2. The normalized spacial score (nSPS) is 18.3. The molecule has 2 aromatic heterocycles. The Morgan fingerprint density at radius 1 is 1.07 bits per heavy atom. The van der Waals surface area contributed by atoms with Gasteiger partial charge in [-0.05, 0) is 57.7 Å². The Morgan fingerprint density at radius 2 is 1.76 bits per heavy atom. The third-order valence-corrected chi connectivity index (χ3v) is 7.63. The highest BCUT2D eigenvalue weighted by molar-refractivity contribution is 7.59. The molecule has 0 bridgehead atoms. The zero-order valence-corrected chi connectivity index (χ0v) is 27.5. The van der Waals surface area contributed by atoms with Crippen molar-refractivity contribution in [2.24, 2.45) is 11.3 Å². The van der Waals surface area contributed by atoms with Crippen LogP contribution in [0.4, 0.5) is 11.5 Å². The van der Waals surface area contributed by atoms with Crippen molar-refractivity contribution >= 4 is 53.4 Å². The maximum absolute atomic E-state index is 12.9. The number of ketones is 1. The fourth-order valence-electron chi connectivity index (χ4n) is 5.41. The number of morpholine rings is 1. The molecule has 232 valence electrons. The molecule has 3 aromatic rings. The Balaban J connectivity index is 0.00000484. The lowest BCUT2D eigenvalue weighted by atomic mass is 9.91. The van der Waals surface area contributed by atoms with E-state index in [0.29, 0.717) is 24.4 Å². The molecule has 0 aliphatic carbocycles. The molecule has 0 spiro atoms. The number of rotatable bonds is 11. The summed E-state index contributed by atoms with van der Waals surface area (Å²) in [5, 5.41) is 15.1. The first-order valence-corrected chi connectivity index (χ1v) is 15.0. The van der Waals surface area contributed by atoms with Gasteiger partial charge in [-0.15, -0.1) is 10.2 Å². The average molecular weight is 600 g/mol. The molecule has 1 aliphatic heterocycles. The fraction of sp³-hybridized carbons (Fsp3) is 0.645. The molecule has 1 fully saturated rings. The number of nitrogens with one attached hydrogen (secondary N) is 2. The van der Waals surface area contributed by atoms with Crippen LogP contribution in [-0.2, 0) is 14.3 Å². The fourth-order valence-corrected chi connectivity index (χ4v) is 5.41. The van der Waals surface area contributed by atoms with E-state index in [4.69, 9.17) is 9.72 Å². The van der Waals surface area contributed by atoms with Gasteiger partial charge >= 0.3 is 0 Å². The number of ether oxygens (including phenoxy) is 1. The molecule has 3 atom stereocenters. The van der Waals surface area contributed by atoms with E-state index in [2.05, 4.69) is 62.2 Å². The van der Waals surface area contributed by atoms with Crippen molar-refractivity contribution in [2.75, 3.05) is 29.9 Å². The van der Waals surface area contributed by atoms with E-state index in [1.54, 1.807) is 0 Å². The standard InChI is InChI=1S/C31H47N7O3.H2S/c1-19(2)27(34-30(40)31(6,7)8)26(39)12-10-9-11-15-32-28-29-36-35-22(5)38(29)25-14-13-23(16-24(25)33-28)37-17-20(3)41-21(4)18-37;/h13-14,16,19-21,27H,9-12,15,17-18H2,1-8H3,(H,32,33)(H,34,40);1H2/t20-,21+,27-;/m0./s1. The minimum Gasteiger partial charge on any atom is -0.372 e. The number of Topliss-reactive ketones (excluding diaryl/α,β-unsaturated/α-hetero) is 1. The SMILES string of the molecule is Cc1nnc2c(NCCCCCC(=O)[C@@H](NC(=O)C(C)(C)C)C(C)C)nc3cc(N4C[C@@H](C)O[C@@H](C)C4)ccc3n12.S. The van der Waals surface area contributed by atoms with Crippen LogP contribution in [0.5, 0.6) is 0 Å². The largest absolute Gasteiger partial charge is 0.372 e. The lowest BCUT2D eigenvalue weighted by Gasteiger charge is -2.36. The van der Waals surface area contributed by atoms with Crippen LogP contribution >= 0.6 is 13.5 Å². The highest BCUT2D eigenvalue weighted by Gasteiger charge is 2.29. The van der Waals surface area contributed by atoms with Gasteiger partial charge in [0.2, 0.25) is 11.6 Å². The van der Waals surface area contributed by atoms with Gasteiger partial charge in [0.1, 0.15) is 5.82 Å². The van der Waals surface area contributed by atoms with Gasteiger partial charge in [0.25, 0.3) is 0 Å². The Labute approximate surface area is 256 Å². The lowest BCUT2D eigenvalue weighted by Crippen LogP contribution is -2.48. The number of hydrogen-bond donors (Lipinski definition) is 2. The molecule has 10 nitrogen and oxygen atoms in total. The summed E-state index contributed by atoms with van der Waals surface area (Å²) in [6.07, 6.45) is 3.36. The zero-order valence-electron chi connectivity index (χ0n) is 26.5. The number of nitrogens with zero attached hydrogens (tertiary/aromatic N) is 5. The van der Waals surface area contributed by atoms with Gasteiger partial charge in [0, 0.05) is 37.2 Å². The minimum atomic E-state index is -0.522. The van der Waals surface area contributed by atoms with E-state index in [1.807, 2.05) is 41.5 Å². The Morgan fingerprint density at radius 3 is 2.40 bits per heavy atom. The number of unbranched alkanes of at least 4 members (excludes halogenated alkanes) is 2. The number of aromatic nitrogens is 4. The van der Waals surface area contributed by atoms with Crippen molar-refractivity contribution in [3.05, 3.63) is 24.0 Å². The van der Waals surface area contributed by atoms with Crippen LogP contribution in [0.15, 0.2) is 18.2 Å². The van der Waals surface area contributed by atoms with Gasteiger partial charge in [-0.2, -0.15) is 13.5 Å². The van der Waals surface area contributed by atoms with Crippen LogP contribution in [0.25, 0.3) is 16.7 Å². The van der Waals surface area contributed by atoms with E-state index in [9.17, 15) is 9.59 Å². The Bertz CT molecular complexity index is 1370. The van der Waals surface area contributed by atoms with Crippen molar-refractivity contribution in [1.82, 2.24) is 24.9 Å². The number of carbonyl (C=O) groups excluding carboxylic acids is 2. The van der Waals surface area contributed by atoms with Crippen molar-refractivity contribution in [3.63, 3.8) is 0 Å². The van der Waals surface area contributed by atoms with Gasteiger partial charge < -0.3 is 20.3 Å². The number of hydrogen-bond acceptors (Lipinski definition) is 8. The second-order valence-corrected chi connectivity index (χ2v) is 12.9. The molecule has 11 heteroatoms. The molecule has 1 amide bonds. The molecular weight excluding hydrogens is 550 g/mol. The maximum Gasteiger partial charge on any atom is 0.225 e. The molecule has 0 saturated carbocycles. The first kappa shape index (κ1) is 33.6. The van der Waals surface area contributed by atoms with Crippen LogP contribution in [0.2, 0.25) is 0 Å². The van der Waals surface area contributed by atoms with E-state index >= 15 is 0 Å². The summed E-state index contributed by atoms with van der Waals surface area (Å²) in [4.78, 5) is 32.6. The van der Waals surface area contributed by atoms with E-state index < -0.39 is 11.5 Å². The second kappa shape index (κ2) is 14.0. The summed E-state index contributed by atoms with van der Waals surface area (Å²) in [6.45, 7) is 18.1. The quantitative estimate of drug-likeness (QED) is 0.295. The van der Waals surface area contributed by atoms with Crippen LogP contribution in [0.3, 0.4) is 0 Å². The van der Waals surface area contributed by atoms with E-state index in [0.717, 1.165) is 54.9 Å². The Hall–Kier alpha value is -2.92. The van der Waals surface area contributed by atoms with Crippen LogP contribution in [0.1, 0.15) is 80.0 Å². The number of anilines is 2. The van der Waals surface area contributed by atoms with Gasteiger partial charge in [-0.3, -0.25) is 14.0 Å². The summed E-state index contributed by atoms with van der Waals surface area (Å²) in [6, 6.07) is 5.93. The number of aryl methyl sites for hydroxylation is 1. The first-order chi connectivity index (χ1) is 19.3. The summed E-state index contributed by atoms with van der Waals surface area (Å²) in [5.74, 6) is 1.59. The summed E-state index contributed by atoms with van der Waals surface area (Å²) < 4.78 is 7.97. The molecule has 3 heterocycles. The summed E-state index contributed by atoms with van der Waals surface area (Å²) in [5.41, 5.74) is 3.18. The molecule has 4 rings (SSSR count). The predicted molar refractivity (Wildman–Crippen MR) is 174 cm³/mol. The molecule has 0 unspecified atom stereocenters. The van der Waals surface area contributed by atoms with Crippen molar-refractivity contribution in [1.29, 1.82) is 0 Å². The lowest BCUT2D eigenvalue weighted by molar-refractivity contribution is -0.133. The van der Waals surface area contributed by atoms with E-state index in [1.165, 1.54) is 0 Å². The van der Waals surface area contributed by atoms with Crippen LogP contribution in [0, 0.1) is 18.3 Å². The summed E-state index contributed by atoms with van der Waals surface area (Å²) >= 11 is 0. The molecule has 1 aromatic carbocycles. The molecule has 42 heavy (non-hydrogen) atoms. The highest BCUT2D eigenvalue weighted by atomic mass is 32.1. The van der Waals surface area contributed by atoms with Gasteiger partial charge in [0.15, 0.2) is 11.6 Å². The molecular formula is C31H49N7O3S. The van der Waals surface area contributed by atoms with Gasteiger partial charge in [0.05, 0.1) is 29.3 Å². The number of fused-ring (bicyclic) bond motifs is 3. The van der Waals surface area contributed by atoms with E-state index in [-0.39, 0.29) is 43.3 Å². The Kier molecular flexibility index (Phi) is 11.2. The van der Waals surface area contributed by atoms with Crippen LogP contribution < -0.4 is 15.5 Å². The van der Waals surface area contributed by atoms with Crippen molar-refractivity contribution in [3.8, 4) is 0 Å². The third-order valence-electron chi connectivity index (χ3n) is 7.63. The summed E-state index contributed by atoms with van der Waals surface area (Å²) in [7, 11) is 0.